The Morgan fingerprint density at radius 1 is 1.27 bits per heavy atom. The Balaban J connectivity index is 1.50. The molecule has 3 heterocycles. The van der Waals surface area contributed by atoms with Gasteiger partial charge in [0.15, 0.2) is 0 Å². The van der Waals surface area contributed by atoms with Gasteiger partial charge in [0, 0.05) is 30.5 Å². The van der Waals surface area contributed by atoms with Gasteiger partial charge in [0.05, 0.1) is 18.7 Å². The van der Waals surface area contributed by atoms with Crippen molar-refractivity contribution in [2.24, 2.45) is 5.92 Å². The molecule has 1 aromatic heterocycles. The van der Waals surface area contributed by atoms with Gasteiger partial charge in [-0.3, -0.25) is 9.59 Å². The van der Waals surface area contributed by atoms with E-state index in [1.807, 2.05) is 49.9 Å². The van der Waals surface area contributed by atoms with Crippen molar-refractivity contribution in [3.8, 4) is 5.75 Å². The summed E-state index contributed by atoms with van der Waals surface area (Å²) >= 11 is 1.74. The minimum absolute atomic E-state index is 0.000192. The zero-order valence-corrected chi connectivity index (χ0v) is 20.6. The fourth-order valence-corrected chi connectivity index (χ4v) is 5.58. The molecule has 6 nitrogen and oxygen atoms in total. The highest BCUT2D eigenvalue weighted by Gasteiger charge is 2.34. The number of hydrogen-bond acceptors (Lipinski definition) is 5. The molecule has 1 saturated heterocycles. The molecule has 4 rings (SSSR count). The second kappa shape index (κ2) is 10.7. The quantitative estimate of drug-likeness (QED) is 0.580. The van der Waals surface area contributed by atoms with Crippen LogP contribution in [0.25, 0.3) is 0 Å². The SMILES string of the molecule is Cc1ccccc1OC[C@H]1c2ccsc2CCN1C(=O)CN(C[C@@H]1CCCO1)C(=O)C(C)C. The summed E-state index contributed by atoms with van der Waals surface area (Å²) in [4.78, 5) is 31.4. The molecule has 178 valence electrons. The van der Waals surface area contributed by atoms with Crippen LogP contribution >= 0.6 is 11.3 Å². The first-order valence-electron chi connectivity index (χ1n) is 11.9. The standard InChI is InChI=1S/C26H34N2O4S/c1-18(2)26(30)27(15-20-8-6-13-31-20)16-25(29)28-12-10-24-21(11-14-33-24)22(28)17-32-23-9-5-4-7-19(23)3/h4-5,7,9,11,14,18,20,22H,6,8,10,12-13,15-17H2,1-3H3/t20-,22-/m0/s1. The molecule has 0 spiro atoms. The van der Waals surface area contributed by atoms with Gasteiger partial charge in [0.1, 0.15) is 12.4 Å². The Morgan fingerprint density at radius 3 is 2.82 bits per heavy atom. The van der Waals surface area contributed by atoms with Gasteiger partial charge in [-0.05, 0) is 54.8 Å². The van der Waals surface area contributed by atoms with Gasteiger partial charge in [-0.1, -0.05) is 32.0 Å². The Labute approximate surface area is 200 Å². The molecule has 0 unspecified atom stereocenters. The van der Waals surface area contributed by atoms with E-state index in [0.29, 0.717) is 19.7 Å². The summed E-state index contributed by atoms with van der Waals surface area (Å²) in [7, 11) is 0. The fraction of sp³-hybridized carbons (Fsp3) is 0.538. The number of para-hydroxylation sites is 1. The van der Waals surface area contributed by atoms with E-state index in [1.54, 1.807) is 16.2 Å². The van der Waals surface area contributed by atoms with E-state index >= 15 is 0 Å². The third-order valence-corrected chi connectivity index (χ3v) is 7.48. The summed E-state index contributed by atoms with van der Waals surface area (Å²) in [5.74, 6) is 0.642. The molecule has 2 aliphatic heterocycles. The molecule has 2 aromatic rings. The van der Waals surface area contributed by atoms with Gasteiger partial charge in [-0.15, -0.1) is 11.3 Å². The number of rotatable bonds is 8. The van der Waals surface area contributed by atoms with Crippen LogP contribution in [-0.4, -0.2) is 60.6 Å². The number of hydrogen-bond donors (Lipinski definition) is 0. The number of fused-ring (bicyclic) bond motifs is 1. The molecule has 0 saturated carbocycles. The molecule has 2 atom stereocenters. The van der Waals surface area contributed by atoms with Gasteiger partial charge in [-0.2, -0.15) is 0 Å². The lowest BCUT2D eigenvalue weighted by Crippen LogP contribution is -2.50. The van der Waals surface area contributed by atoms with Crippen molar-refractivity contribution in [1.29, 1.82) is 0 Å². The smallest absolute Gasteiger partial charge is 0.242 e. The molecule has 2 aliphatic rings. The molecule has 33 heavy (non-hydrogen) atoms. The van der Waals surface area contributed by atoms with Crippen molar-refractivity contribution in [2.75, 3.05) is 32.8 Å². The van der Waals surface area contributed by atoms with Crippen LogP contribution in [0.1, 0.15) is 48.7 Å². The lowest BCUT2D eigenvalue weighted by molar-refractivity contribution is -0.145. The Kier molecular flexibility index (Phi) is 7.71. The number of ether oxygens (including phenoxy) is 2. The Hall–Kier alpha value is -2.38. The average molecular weight is 471 g/mol. The summed E-state index contributed by atoms with van der Waals surface area (Å²) in [5.41, 5.74) is 2.23. The van der Waals surface area contributed by atoms with Crippen LogP contribution in [-0.2, 0) is 20.7 Å². The van der Waals surface area contributed by atoms with E-state index in [2.05, 4.69) is 11.4 Å². The van der Waals surface area contributed by atoms with Crippen molar-refractivity contribution < 1.29 is 19.1 Å². The van der Waals surface area contributed by atoms with E-state index in [4.69, 9.17) is 9.47 Å². The number of carbonyl (C=O) groups excluding carboxylic acids is 2. The molecule has 0 bridgehead atoms. The lowest BCUT2D eigenvalue weighted by atomic mass is 10.00. The minimum Gasteiger partial charge on any atom is -0.491 e. The van der Waals surface area contributed by atoms with Crippen LogP contribution < -0.4 is 4.74 Å². The highest BCUT2D eigenvalue weighted by atomic mass is 32.1. The maximum absolute atomic E-state index is 13.6. The van der Waals surface area contributed by atoms with Crippen molar-refractivity contribution in [3.05, 3.63) is 51.7 Å². The van der Waals surface area contributed by atoms with E-state index in [0.717, 1.165) is 42.7 Å². The van der Waals surface area contributed by atoms with E-state index in [-0.39, 0.29) is 36.4 Å². The lowest BCUT2D eigenvalue weighted by Gasteiger charge is -2.37. The monoisotopic (exact) mass is 470 g/mol. The Morgan fingerprint density at radius 2 is 2.09 bits per heavy atom. The second-order valence-corrected chi connectivity index (χ2v) is 10.2. The molecule has 2 amide bonds. The molecule has 0 aliphatic carbocycles. The van der Waals surface area contributed by atoms with Crippen LogP contribution in [0, 0.1) is 12.8 Å². The summed E-state index contributed by atoms with van der Waals surface area (Å²) in [6, 6.07) is 9.88. The highest BCUT2D eigenvalue weighted by Crippen LogP contribution is 2.34. The summed E-state index contributed by atoms with van der Waals surface area (Å²) in [5, 5.41) is 2.09. The maximum Gasteiger partial charge on any atom is 0.242 e. The maximum atomic E-state index is 13.6. The van der Waals surface area contributed by atoms with Crippen LogP contribution in [0.3, 0.4) is 0 Å². The molecule has 7 heteroatoms. The predicted octanol–water partition coefficient (Wildman–Crippen LogP) is 4.22. The van der Waals surface area contributed by atoms with Crippen molar-refractivity contribution >= 4 is 23.2 Å². The van der Waals surface area contributed by atoms with Gasteiger partial charge in [0.2, 0.25) is 11.8 Å². The van der Waals surface area contributed by atoms with Gasteiger partial charge < -0.3 is 19.3 Å². The first-order chi connectivity index (χ1) is 15.9. The number of thiophene rings is 1. The number of nitrogens with zero attached hydrogens (tertiary/aromatic N) is 2. The Bertz CT molecular complexity index is 967. The molecular formula is C26H34N2O4S. The van der Waals surface area contributed by atoms with Crippen molar-refractivity contribution in [1.82, 2.24) is 9.80 Å². The topological polar surface area (TPSA) is 59.1 Å². The summed E-state index contributed by atoms with van der Waals surface area (Å²) < 4.78 is 12.0. The van der Waals surface area contributed by atoms with Crippen LogP contribution in [0.4, 0.5) is 0 Å². The molecular weight excluding hydrogens is 436 g/mol. The normalized spacial score (nSPS) is 20.1. The van der Waals surface area contributed by atoms with Crippen LogP contribution in [0.15, 0.2) is 35.7 Å². The predicted molar refractivity (Wildman–Crippen MR) is 130 cm³/mol. The van der Waals surface area contributed by atoms with E-state index < -0.39 is 0 Å². The number of amides is 2. The van der Waals surface area contributed by atoms with Gasteiger partial charge >= 0.3 is 0 Å². The van der Waals surface area contributed by atoms with Gasteiger partial charge in [0.25, 0.3) is 0 Å². The minimum atomic E-state index is -0.163. The number of aryl methyl sites for hydroxylation is 1. The molecule has 0 N–H and O–H groups in total. The number of carbonyl (C=O) groups is 2. The number of benzene rings is 1. The molecule has 1 fully saturated rings. The third kappa shape index (κ3) is 5.58. The van der Waals surface area contributed by atoms with E-state index in [9.17, 15) is 9.59 Å². The zero-order chi connectivity index (χ0) is 23.4. The van der Waals surface area contributed by atoms with Crippen LogP contribution in [0.5, 0.6) is 5.75 Å². The van der Waals surface area contributed by atoms with Crippen molar-refractivity contribution in [3.63, 3.8) is 0 Å². The van der Waals surface area contributed by atoms with E-state index in [1.165, 1.54) is 4.88 Å². The molecule has 1 aromatic carbocycles. The molecule has 0 radical (unpaired) electrons. The highest BCUT2D eigenvalue weighted by molar-refractivity contribution is 7.10. The fourth-order valence-electron chi connectivity index (χ4n) is 4.65. The first-order valence-corrected chi connectivity index (χ1v) is 12.8. The van der Waals surface area contributed by atoms with Crippen molar-refractivity contribution in [2.45, 2.75) is 52.2 Å². The van der Waals surface area contributed by atoms with Crippen LogP contribution in [0.2, 0.25) is 0 Å². The third-order valence-electron chi connectivity index (χ3n) is 6.49. The summed E-state index contributed by atoms with van der Waals surface area (Å²) in [6.07, 6.45) is 2.80. The summed E-state index contributed by atoms with van der Waals surface area (Å²) in [6.45, 7) is 8.10. The zero-order valence-electron chi connectivity index (χ0n) is 19.8. The van der Waals surface area contributed by atoms with Gasteiger partial charge in [-0.25, -0.2) is 0 Å². The average Bonchev–Trinajstić information content (AvgIpc) is 3.49. The largest absolute Gasteiger partial charge is 0.491 e. The first kappa shape index (κ1) is 23.8. The second-order valence-electron chi connectivity index (χ2n) is 9.24.